The molecule has 3 unspecified atom stereocenters. The summed E-state index contributed by atoms with van der Waals surface area (Å²) in [6.07, 6.45) is 5.32. The molecule has 3 atom stereocenters. The van der Waals surface area contributed by atoms with Crippen molar-refractivity contribution >= 4 is 0 Å². The van der Waals surface area contributed by atoms with Gasteiger partial charge in [0.2, 0.25) is 0 Å². The topological polar surface area (TPSA) is 29.5 Å². The van der Waals surface area contributed by atoms with Crippen LogP contribution in [-0.4, -0.2) is 22.9 Å². The molecule has 2 aliphatic rings. The third-order valence-electron chi connectivity index (χ3n) is 4.70. The Morgan fingerprint density at radius 2 is 1.65 bits per heavy atom. The first-order chi connectivity index (χ1) is 7.81. The van der Waals surface area contributed by atoms with Crippen molar-refractivity contribution in [3.63, 3.8) is 0 Å². The third kappa shape index (κ3) is 3.03. The Hall–Kier alpha value is -0.0800. The Kier molecular flexibility index (Phi) is 3.57. The van der Waals surface area contributed by atoms with Crippen molar-refractivity contribution in [3.8, 4) is 0 Å². The first-order valence-electron chi connectivity index (χ1n) is 7.17. The van der Waals surface area contributed by atoms with Gasteiger partial charge in [0.05, 0.1) is 17.8 Å². The van der Waals surface area contributed by atoms with Crippen LogP contribution in [0.3, 0.4) is 0 Å². The van der Waals surface area contributed by atoms with E-state index in [1.165, 1.54) is 19.3 Å². The van der Waals surface area contributed by atoms with Crippen molar-refractivity contribution in [2.45, 2.75) is 71.0 Å². The van der Waals surface area contributed by atoms with Crippen LogP contribution in [0.4, 0.5) is 0 Å². The number of rotatable bonds is 1. The van der Waals surface area contributed by atoms with Gasteiger partial charge in [0.25, 0.3) is 0 Å². The highest BCUT2D eigenvalue weighted by Crippen LogP contribution is 2.45. The van der Waals surface area contributed by atoms with E-state index in [2.05, 4.69) is 27.7 Å². The third-order valence-corrected chi connectivity index (χ3v) is 4.70. The second-order valence-electron chi connectivity index (χ2n) is 7.25. The molecule has 2 heteroatoms. The van der Waals surface area contributed by atoms with Gasteiger partial charge in [-0.2, -0.15) is 0 Å². The molecule has 1 aliphatic heterocycles. The molecule has 0 aromatic heterocycles. The summed E-state index contributed by atoms with van der Waals surface area (Å²) in [6.45, 7) is 9.58. The van der Waals surface area contributed by atoms with Crippen LogP contribution < -0.4 is 0 Å². The normalized spacial score (nSPS) is 46.8. The van der Waals surface area contributed by atoms with Crippen molar-refractivity contribution < 1.29 is 9.84 Å². The minimum atomic E-state index is -0.481. The van der Waals surface area contributed by atoms with Crippen molar-refractivity contribution in [3.05, 3.63) is 0 Å². The maximum atomic E-state index is 11.0. The fourth-order valence-corrected chi connectivity index (χ4v) is 4.11. The minimum Gasteiger partial charge on any atom is -0.389 e. The van der Waals surface area contributed by atoms with Gasteiger partial charge in [0, 0.05) is 6.42 Å². The van der Waals surface area contributed by atoms with E-state index in [-0.39, 0.29) is 5.60 Å². The van der Waals surface area contributed by atoms with Crippen LogP contribution in [0.1, 0.15) is 59.8 Å². The zero-order valence-electron chi connectivity index (χ0n) is 11.8. The zero-order chi connectivity index (χ0) is 12.7. The lowest BCUT2D eigenvalue weighted by atomic mass is 9.65. The highest BCUT2D eigenvalue weighted by molar-refractivity contribution is 4.97. The Balaban J connectivity index is 2.09. The summed E-state index contributed by atoms with van der Waals surface area (Å²) in [4.78, 5) is 0. The fourth-order valence-electron chi connectivity index (χ4n) is 4.11. The van der Waals surface area contributed by atoms with Gasteiger partial charge in [-0.1, -0.05) is 13.8 Å². The van der Waals surface area contributed by atoms with E-state index in [9.17, 15) is 5.11 Å². The van der Waals surface area contributed by atoms with E-state index >= 15 is 0 Å². The lowest BCUT2D eigenvalue weighted by molar-refractivity contribution is -0.174. The maximum absolute atomic E-state index is 11.0. The minimum absolute atomic E-state index is 0.156. The van der Waals surface area contributed by atoms with Crippen LogP contribution in [-0.2, 0) is 4.74 Å². The molecule has 2 nitrogen and oxygen atoms in total. The first kappa shape index (κ1) is 13.4. The van der Waals surface area contributed by atoms with Gasteiger partial charge in [-0.25, -0.2) is 0 Å². The number of hydrogen-bond acceptors (Lipinski definition) is 2. The van der Waals surface area contributed by atoms with Crippen LogP contribution in [0.5, 0.6) is 0 Å². The van der Waals surface area contributed by atoms with Crippen molar-refractivity contribution in [1.82, 2.24) is 0 Å². The number of ether oxygens (including phenoxy) is 1. The van der Waals surface area contributed by atoms with Gasteiger partial charge >= 0.3 is 0 Å². The molecule has 1 saturated heterocycles. The first-order valence-corrected chi connectivity index (χ1v) is 7.17. The smallest absolute Gasteiger partial charge is 0.0725 e. The zero-order valence-corrected chi connectivity index (χ0v) is 11.8. The summed E-state index contributed by atoms with van der Waals surface area (Å²) in [5.74, 6) is 2.00. The molecule has 1 saturated carbocycles. The second-order valence-corrected chi connectivity index (χ2v) is 7.25. The van der Waals surface area contributed by atoms with E-state index in [1.807, 2.05) is 0 Å². The summed E-state index contributed by atoms with van der Waals surface area (Å²) in [6, 6.07) is 0. The monoisotopic (exact) mass is 240 g/mol. The predicted octanol–water partition coefficient (Wildman–Crippen LogP) is 3.38. The Labute approximate surface area is 106 Å². The molecule has 0 aromatic carbocycles. The van der Waals surface area contributed by atoms with Gasteiger partial charge in [-0.05, 0) is 57.3 Å². The maximum Gasteiger partial charge on any atom is 0.0725 e. The van der Waals surface area contributed by atoms with Crippen LogP contribution in [0.2, 0.25) is 0 Å². The summed E-state index contributed by atoms with van der Waals surface area (Å²) in [5, 5.41) is 11.0. The molecule has 0 radical (unpaired) electrons. The molecule has 1 heterocycles. The molecule has 2 rings (SSSR count). The highest BCUT2D eigenvalue weighted by atomic mass is 16.5. The van der Waals surface area contributed by atoms with E-state index < -0.39 is 5.60 Å². The molecule has 1 aliphatic carbocycles. The van der Waals surface area contributed by atoms with Gasteiger partial charge in [-0.3, -0.25) is 0 Å². The van der Waals surface area contributed by atoms with E-state index in [0.29, 0.717) is 12.5 Å². The summed E-state index contributed by atoms with van der Waals surface area (Å²) in [5.41, 5.74) is -0.637. The van der Waals surface area contributed by atoms with Crippen LogP contribution >= 0.6 is 0 Å². The van der Waals surface area contributed by atoms with Crippen LogP contribution in [0, 0.1) is 17.8 Å². The average Bonchev–Trinajstić information content (AvgIpc) is 2.13. The lowest BCUT2D eigenvalue weighted by Gasteiger charge is -2.48. The van der Waals surface area contributed by atoms with Crippen molar-refractivity contribution in [2.24, 2.45) is 17.8 Å². The molecule has 0 spiro atoms. The SMILES string of the molecule is CC1CC(C)CC(C2(O)CCOC(C)(C)C2)C1. The number of aliphatic hydroxyl groups is 1. The predicted molar refractivity (Wildman–Crippen MR) is 69.9 cm³/mol. The molecule has 2 fully saturated rings. The Bertz CT molecular complexity index is 264. The quantitative estimate of drug-likeness (QED) is 0.761. The van der Waals surface area contributed by atoms with Gasteiger partial charge in [-0.15, -0.1) is 0 Å². The molecule has 0 aromatic rings. The Morgan fingerprint density at radius 1 is 1.06 bits per heavy atom. The number of hydrogen-bond donors (Lipinski definition) is 1. The summed E-state index contributed by atoms with van der Waals surface area (Å²) >= 11 is 0. The van der Waals surface area contributed by atoms with Gasteiger partial charge in [0.15, 0.2) is 0 Å². The highest BCUT2D eigenvalue weighted by Gasteiger charge is 2.46. The average molecular weight is 240 g/mol. The van der Waals surface area contributed by atoms with E-state index in [0.717, 1.165) is 24.7 Å². The van der Waals surface area contributed by atoms with Gasteiger partial charge < -0.3 is 9.84 Å². The summed E-state index contributed by atoms with van der Waals surface area (Å²) < 4.78 is 5.75. The largest absolute Gasteiger partial charge is 0.389 e. The van der Waals surface area contributed by atoms with Crippen LogP contribution in [0.15, 0.2) is 0 Å². The Morgan fingerprint density at radius 3 is 2.18 bits per heavy atom. The molecule has 0 amide bonds. The molecule has 100 valence electrons. The van der Waals surface area contributed by atoms with Crippen LogP contribution in [0.25, 0.3) is 0 Å². The molecular formula is C15H28O2. The molecule has 1 N–H and O–H groups in total. The second kappa shape index (κ2) is 4.55. The molecular weight excluding hydrogens is 212 g/mol. The lowest BCUT2D eigenvalue weighted by Crippen LogP contribution is -2.51. The summed E-state index contributed by atoms with van der Waals surface area (Å²) in [7, 11) is 0. The van der Waals surface area contributed by atoms with Crippen molar-refractivity contribution in [1.29, 1.82) is 0 Å². The van der Waals surface area contributed by atoms with E-state index in [1.54, 1.807) is 0 Å². The standard InChI is InChI=1S/C15H28O2/c1-11-7-12(2)9-13(8-11)15(16)5-6-17-14(3,4)10-15/h11-13,16H,5-10H2,1-4H3. The molecule has 0 bridgehead atoms. The van der Waals surface area contributed by atoms with E-state index in [4.69, 9.17) is 4.74 Å². The van der Waals surface area contributed by atoms with Crippen molar-refractivity contribution in [2.75, 3.05) is 6.61 Å². The van der Waals surface area contributed by atoms with Gasteiger partial charge in [0.1, 0.15) is 0 Å². The fraction of sp³-hybridized carbons (Fsp3) is 1.00. The molecule has 17 heavy (non-hydrogen) atoms.